The summed E-state index contributed by atoms with van der Waals surface area (Å²) in [7, 11) is 2.09. The Hall–Kier alpha value is -2.44. The minimum atomic E-state index is 0.153. The highest BCUT2D eigenvalue weighted by molar-refractivity contribution is 5.79. The second-order valence-electron chi connectivity index (χ2n) is 5.81. The van der Waals surface area contributed by atoms with Crippen LogP contribution in [0.5, 0.6) is 0 Å². The molecular weight excluding hydrogens is 290 g/mol. The Bertz CT molecular complexity index is 779. The summed E-state index contributed by atoms with van der Waals surface area (Å²) in [5.41, 5.74) is 3.12. The van der Waals surface area contributed by atoms with E-state index in [-0.39, 0.29) is 6.04 Å². The molecule has 1 atom stereocenters. The molecule has 118 valence electrons. The molecule has 2 aromatic heterocycles. The topological polar surface area (TPSA) is 70.0 Å². The third kappa shape index (κ3) is 2.67. The van der Waals surface area contributed by atoms with Gasteiger partial charge in [-0.3, -0.25) is 4.90 Å². The van der Waals surface area contributed by atoms with E-state index in [0.717, 1.165) is 42.1 Å². The highest BCUT2D eigenvalue weighted by Gasteiger charge is 2.26. The normalized spacial score (nSPS) is 19.1. The van der Waals surface area contributed by atoms with Crippen molar-refractivity contribution >= 4 is 0 Å². The van der Waals surface area contributed by atoms with Crippen LogP contribution in [0.25, 0.3) is 22.6 Å². The van der Waals surface area contributed by atoms with Crippen molar-refractivity contribution in [2.24, 2.45) is 0 Å². The molecule has 0 spiro atoms. The molecule has 4 rings (SSSR count). The smallest absolute Gasteiger partial charge is 0.260 e. The summed E-state index contributed by atoms with van der Waals surface area (Å²) in [5, 5.41) is 7.57. The average molecular weight is 309 g/mol. The summed E-state index contributed by atoms with van der Waals surface area (Å²) in [5.74, 6) is 1.29. The maximum atomic E-state index is 5.54. The molecule has 3 aromatic rings. The number of nitrogens with one attached hydrogen (secondary N) is 2. The third-order valence-corrected chi connectivity index (χ3v) is 4.31. The van der Waals surface area contributed by atoms with Crippen LogP contribution >= 0.6 is 0 Å². The zero-order valence-electron chi connectivity index (χ0n) is 13.0. The molecule has 1 fully saturated rings. The molecule has 0 amide bonds. The molecule has 1 aliphatic rings. The molecule has 0 radical (unpaired) electrons. The molecule has 0 saturated carbocycles. The van der Waals surface area contributed by atoms with Gasteiger partial charge >= 0.3 is 0 Å². The fraction of sp³-hybridized carbons (Fsp3) is 0.294. The van der Waals surface area contributed by atoms with Crippen LogP contribution in [0.2, 0.25) is 0 Å². The second-order valence-corrected chi connectivity index (χ2v) is 5.81. The van der Waals surface area contributed by atoms with Crippen molar-refractivity contribution in [1.82, 2.24) is 25.3 Å². The summed E-state index contributed by atoms with van der Waals surface area (Å²) in [4.78, 5) is 10.0. The zero-order valence-corrected chi connectivity index (χ0v) is 13.0. The van der Waals surface area contributed by atoms with Gasteiger partial charge in [0.25, 0.3) is 5.89 Å². The molecule has 0 bridgehead atoms. The molecule has 6 heteroatoms. The van der Waals surface area contributed by atoms with Gasteiger partial charge in [0.05, 0.1) is 11.6 Å². The average Bonchev–Trinajstić information content (AvgIpc) is 3.25. The Morgan fingerprint density at radius 3 is 2.83 bits per heavy atom. The van der Waals surface area contributed by atoms with E-state index in [4.69, 9.17) is 4.52 Å². The molecule has 1 unspecified atom stereocenters. The number of H-pyrrole nitrogens is 1. The van der Waals surface area contributed by atoms with Crippen LogP contribution in [0, 0.1) is 0 Å². The lowest BCUT2D eigenvalue weighted by Gasteiger charge is -2.30. The number of aromatic amines is 1. The Kier molecular flexibility index (Phi) is 3.69. The van der Waals surface area contributed by atoms with Crippen LogP contribution in [0.15, 0.2) is 47.2 Å². The largest absolute Gasteiger partial charge is 0.366 e. The van der Waals surface area contributed by atoms with Gasteiger partial charge in [0.2, 0.25) is 0 Å². The maximum absolute atomic E-state index is 5.54. The van der Waals surface area contributed by atoms with Crippen molar-refractivity contribution in [1.29, 1.82) is 0 Å². The van der Waals surface area contributed by atoms with E-state index in [9.17, 15) is 0 Å². The molecule has 3 heterocycles. The lowest BCUT2D eigenvalue weighted by molar-refractivity contribution is 0.190. The van der Waals surface area contributed by atoms with E-state index in [2.05, 4.69) is 44.5 Å². The van der Waals surface area contributed by atoms with Gasteiger partial charge in [0, 0.05) is 37.6 Å². The minimum absolute atomic E-state index is 0.153. The standard InChI is InChI=1S/C17H19N5O/c1-22-8-7-18-11-15(22)16-20-17(23-21-16)14-10-19-9-13(14)12-5-3-2-4-6-12/h2-6,9-10,15,18-19H,7-8,11H2,1H3. The fourth-order valence-corrected chi connectivity index (χ4v) is 2.97. The highest BCUT2D eigenvalue weighted by atomic mass is 16.5. The van der Waals surface area contributed by atoms with Crippen molar-refractivity contribution in [3.8, 4) is 22.6 Å². The molecule has 1 saturated heterocycles. The molecule has 1 aliphatic heterocycles. The maximum Gasteiger partial charge on any atom is 0.260 e. The summed E-state index contributed by atoms with van der Waals surface area (Å²) < 4.78 is 5.54. The summed E-state index contributed by atoms with van der Waals surface area (Å²) in [6.07, 6.45) is 3.87. The van der Waals surface area contributed by atoms with E-state index >= 15 is 0 Å². The number of hydrogen-bond acceptors (Lipinski definition) is 5. The van der Waals surface area contributed by atoms with Gasteiger partial charge in [-0.2, -0.15) is 4.98 Å². The van der Waals surface area contributed by atoms with E-state index in [1.807, 2.05) is 30.6 Å². The van der Waals surface area contributed by atoms with Gasteiger partial charge in [0.1, 0.15) is 0 Å². The van der Waals surface area contributed by atoms with Crippen LogP contribution in [0.3, 0.4) is 0 Å². The lowest BCUT2D eigenvalue weighted by Crippen LogP contribution is -2.44. The van der Waals surface area contributed by atoms with Crippen molar-refractivity contribution in [3.05, 3.63) is 48.5 Å². The van der Waals surface area contributed by atoms with Gasteiger partial charge < -0.3 is 14.8 Å². The van der Waals surface area contributed by atoms with Crippen LogP contribution in [0.4, 0.5) is 0 Å². The quantitative estimate of drug-likeness (QED) is 0.777. The highest BCUT2D eigenvalue weighted by Crippen LogP contribution is 2.31. The van der Waals surface area contributed by atoms with Crippen molar-refractivity contribution in [2.45, 2.75) is 6.04 Å². The zero-order chi connectivity index (χ0) is 15.6. The van der Waals surface area contributed by atoms with E-state index < -0.39 is 0 Å². The number of hydrogen-bond donors (Lipinski definition) is 2. The molecule has 1 aromatic carbocycles. The Morgan fingerprint density at radius 2 is 2.00 bits per heavy atom. The molecule has 0 aliphatic carbocycles. The number of benzene rings is 1. The van der Waals surface area contributed by atoms with Gasteiger partial charge in [-0.15, -0.1) is 0 Å². The number of nitrogens with zero attached hydrogens (tertiary/aromatic N) is 3. The predicted molar refractivity (Wildman–Crippen MR) is 87.8 cm³/mol. The molecular formula is C17H19N5O. The van der Waals surface area contributed by atoms with E-state index in [1.165, 1.54) is 0 Å². The molecule has 2 N–H and O–H groups in total. The van der Waals surface area contributed by atoms with Crippen LogP contribution < -0.4 is 5.32 Å². The minimum Gasteiger partial charge on any atom is -0.366 e. The third-order valence-electron chi connectivity index (χ3n) is 4.31. The van der Waals surface area contributed by atoms with Crippen molar-refractivity contribution < 1.29 is 4.52 Å². The monoisotopic (exact) mass is 309 g/mol. The van der Waals surface area contributed by atoms with Crippen LogP contribution in [-0.2, 0) is 0 Å². The first-order valence-corrected chi connectivity index (χ1v) is 7.80. The van der Waals surface area contributed by atoms with Gasteiger partial charge in [-0.1, -0.05) is 35.5 Å². The number of piperazine rings is 1. The summed E-state index contributed by atoms with van der Waals surface area (Å²) in [6, 6.07) is 10.3. The van der Waals surface area contributed by atoms with Crippen LogP contribution in [0.1, 0.15) is 11.9 Å². The SMILES string of the molecule is CN1CCNCC1c1noc(-c2c[nH]cc2-c2ccccc2)n1. The first-order valence-electron chi connectivity index (χ1n) is 7.80. The number of rotatable bonds is 3. The van der Waals surface area contributed by atoms with Crippen LogP contribution in [-0.4, -0.2) is 46.7 Å². The fourth-order valence-electron chi connectivity index (χ4n) is 2.97. The van der Waals surface area contributed by atoms with Crippen molar-refractivity contribution in [3.63, 3.8) is 0 Å². The van der Waals surface area contributed by atoms with E-state index in [0.29, 0.717) is 5.89 Å². The van der Waals surface area contributed by atoms with Crippen molar-refractivity contribution in [2.75, 3.05) is 26.7 Å². The van der Waals surface area contributed by atoms with Gasteiger partial charge in [-0.25, -0.2) is 0 Å². The number of aromatic nitrogens is 3. The lowest BCUT2D eigenvalue weighted by atomic mass is 10.0. The van der Waals surface area contributed by atoms with E-state index in [1.54, 1.807) is 0 Å². The Balaban J connectivity index is 1.67. The Labute approximate surface area is 134 Å². The first-order chi connectivity index (χ1) is 11.3. The van der Waals surface area contributed by atoms with Gasteiger partial charge in [0.15, 0.2) is 5.82 Å². The first kappa shape index (κ1) is 14.2. The second kappa shape index (κ2) is 5.98. The summed E-state index contributed by atoms with van der Waals surface area (Å²) >= 11 is 0. The van der Waals surface area contributed by atoms with Gasteiger partial charge in [-0.05, 0) is 12.6 Å². The number of likely N-dealkylation sites (N-methyl/N-ethyl adjacent to an activating group) is 1. The predicted octanol–water partition coefficient (Wildman–Crippen LogP) is 2.31. The molecule has 6 nitrogen and oxygen atoms in total. The molecule has 23 heavy (non-hydrogen) atoms. The Morgan fingerprint density at radius 1 is 1.17 bits per heavy atom. The summed E-state index contributed by atoms with van der Waals surface area (Å²) in [6.45, 7) is 2.82.